The van der Waals surface area contributed by atoms with Crippen molar-refractivity contribution in [2.45, 2.75) is 52.0 Å². The molecular weight excluding hydrogens is 324 g/mol. The number of nitrogens with zero attached hydrogens (tertiary/aromatic N) is 3. The minimum absolute atomic E-state index is 0.153. The maximum atomic E-state index is 13.1. The van der Waals surface area contributed by atoms with Crippen LogP contribution in [0.25, 0.3) is 0 Å². The molecule has 3 heterocycles. The van der Waals surface area contributed by atoms with Gasteiger partial charge >= 0.3 is 0 Å². The van der Waals surface area contributed by atoms with Crippen molar-refractivity contribution in [2.24, 2.45) is 11.3 Å². The summed E-state index contributed by atoms with van der Waals surface area (Å²) >= 11 is 6.30. The molecule has 2 saturated heterocycles. The highest BCUT2D eigenvalue weighted by atomic mass is 35.5. The average molecular weight is 351 g/mol. The number of likely N-dealkylation sites (tertiary alicyclic amines) is 2. The van der Waals surface area contributed by atoms with E-state index in [0.29, 0.717) is 5.91 Å². The van der Waals surface area contributed by atoms with Crippen LogP contribution in [0.5, 0.6) is 0 Å². The second kappa shape index (κ2) is 6.34. The first kappa shape index (κ1) is 16.4. The zero-order valence-electron chi connectivity index (χ0n) is 14.5. The van der Waals surface area contributed by atoms with Crippen LogP contribution in [0.1, 0.15) is 49.9 Å². The standard InChI is InChI=1S/C18H27ClN4O/c1-13-16(19)15(21-20-13)11-22-9-7-18(12-22)6-3-8-23(17(18)24)10-14-4-2-5-14/h14H,2-12H2,1H3,(H,20,21)/t18-/m0/s1. The highest BCUT2D eigenvalue weighted by molar-refractivity contribution is 6.31. The van der Waals surface area contributed by atoms with Crippen LogP contribution < -0.4 is 0 Å². The van der Waals surface area contributed by atoms with Gasteiger partial charge in [-0.3, -0.25) is 14.8 Å². The average Bonchev–Trinajstić information content (AvgIpc) is 3.07. The molecule has 1 spiro atoms. The van der Waals surface area contributed by atoms with Crippen LogP contribution in [0.2, 0.25) is 5.02 Å². The molecular formula is C18H27ClN4O. The SMILES string of the molecule is Cc1[nH]nc(CN2CC[C@@]3(CCCN(CC4CCC4)C3=O)C2)c1Cl. The number of amides is 1. The lowest BCUT2D eigenvalue weighted by Crippen LogP contribution is -2.51. The number of aromatic amines is 1. The van der Waals surface area contributed by atoms with Gasteiger partial charge in [0.25, 0.3) is 0 Å². The van der Waals surface area contributed by atoms with E-state index in [1.165, 1.54) is 19.3 Å². The fourth-order valence-electron chi connectivity index (χ4n) is 4.57. The van der Waals surface area contributed by atoms with Crippen LogP contribution in [0.3, 0.4) is 0 Å². The van der Waals surface area contributed by atoms with Crippen molar-refractivity contribution in [2.75, 3.05) is 26.2 Å². The molecule has 1 aliphatic carbocycles. The van der Waals surface area contributed by atoms with Gasteiger partial charge in [-0.2, -0.15) is 5.10 Å². The van der Waals surface area contributed by atoms with Gasteiger partial charge in [-0.05, 0) is 51.5 Å². The van der Waals surface area contributed by atoms with Crippen molar-refractivity contribution in [3.63, 3.8) is 0 Å². The van der Waals surface area contributed by atoms with Crippen molar-refractivity contribution in [1.82, 2.24) is 20.0 Å². The van der Waals surface area contributed by atoms with Crippen LogP contribution in [0, 0.1) is 18.3 Å². The first-order chi connectivity index (χ1) is 11.6. The molecule has 132 valence electrons. The molecule has 6 heteroatoms. The molecule has 1 saturated carbocycles. The summed E-state index contributed by atoms with van der Waals surface area (Å²) in [4.78, 5) is 17.7. The number of halogens is 1. The lowest BCUT2D eigenvalue weighted by Gasteiger charge is -2.42. The van der Waals surface area contributed by atoms with Gasteiger partial charge in [-0.15, -0.1) is 0 Å². The predicted molar refractivity (Wildman–Crippen MR) is 93.8 cm³/mol. The van der Waals surface area contributed by atoms with E-state index in [2.05, 4.69) is 20.0 Å². The Morgan fingerprint density at radius 3 is 2.79 bits per heavy atom. The van der Waals surface area contributed by atoms with E-state index < -0.39 is 0 Å². The van der Waals surface area contributed by atoms with Crippen molar-refractivity contribution < 1.29 is 4.79 Å². The molecule has 24 heavy (non-hydrogen) atoms. The van der Waals surface area contributed by atoms with Gasteiger partial charge in [0.15, 0.2) is 0 Å². The Balaban J connectivity index is 1.41. The molecule has 1 amide bonds. The van der Waals surface area contributed by atoms with E-state index in [1.54, 1.807) is 0 Å². The number of rotatable bonds is 4. The van der Waals surface area contributed by atoms with Crippen molar-refractivity contribution in [3.05, 3.63) is 16.4 Å². The smallest absolute Gasteiger partial charge is 0.230 e. The number of piperidine rings is 1. The zero-order chi connectivity index (χ0) is 16.7. The van der Waals surface area contributed by atoms with Gasteiger partial charge in [0.05, 0.1) is 21.8 Å². The Hall–Kier alpha value is -1.07. The van der Waals surface area contributed by atoms with Crippen molar-refractivity contribution in [1.29, 1.82) is 0 Å². The summed E-state index contributed by atoms with van der Waals surface area (Å²) in [5.41, 5.74) is 1.67. The first-order valence-electron chi connectivity index (χ1n) is 9.28. The number of hydrogen-bond donors (Lipinski definition) is 1. The first-order valence-corrected chi connectivity index (χ1v) is 9.66. The summed E-state index contributed by atoms with van der Waals surface area (Å²) < 4.78 is 0. The molecule has 0 bridgehead atoms. The van der Waals surface area contributed by atoms with Crippen molar-refractivity contribution in [3.8, 4) is 0 Å². The Morgan fingerprint density at radius 1 is 1.29 bits per heavy atom. The number of carbonyl (C=O) groups is 1. The predicted octanol–water partition coefficient (Wildman–Crippen LogP) is 2.99. The fraction of sp³-hybridized carbons (Fsp3) is 0.778. The van der Waals surface area contributed by atoms with Gasteiger partial charge < -0.3 is 4.90 Å². The van der Waals surface area contributed by atoms with E-state index in [1.807, 2.05) is 6.92 Å². The zero-order valence-corrected chi connectivity index (χ0v) is 15.2. The van der Waals surface area contributed by atoms with Crippen LogP contribution in [0.4, 0.5) is 0 Å². The molecule has 1 aromatic heterocycles. The number of carbonyl (C=O) groups excluding carboxylic acids is 1. The molecule has 3 fully saturated rings. The molecule has 3 aliphatic rings. The summed E-state index contributed by atoms with van der Waals surface area (Å²) in [5.74, 6) is 1.17. The van der Waals surface area contributed by atoms with Crippen LogP contribution in [0.15, 0.2) is 0 Å². The fourth-order valence-corrected chi connectivity index (χ4v) is 4.71. The third-order valence-corrected chi connectivity index (χ3v) is 6.78. The minimum atomic E-state index is -0.153. The molecule has 1 N–H and O–H groups in total. The Kier molecular flexibility index (Phi) is 4.33. The van der Waals surface area contributed by atoms with Gasteiger partial charge in [0.1, 0.15) is 0 Å². The molecule has 0 unspecified atom stereocenters. The highest BCUT2D eigenvalue weighted by Crippen LogP contribution is 2.41. The van der Waals surface area contributed by atoms with Gasteiger partial charge in [0.2, 0.25) is 5.91 Å². The van der Waals surface area contributed by atoms with E-state index in [0.717, 1.165) is 74.3 Å². The molecule has 2 aliphatic heterocycles. The summed E-state index contributed by atoms with van der Waals surface area (Å²) in [5, 5.41) is 7.99. The van der Waals surface area contributed by atoms with Gasteiger partial charge in [-0.1, -0.05) is 18.0 Å². The molecule has 1 aromatic rings. The van der Waals surface area contributed by atoms with Gasteiger partial charge in [-0.25, -0.2) is 0 Å². The van der Waals surface area contributed by atoms with Gasteiger partial charge in [0, 0.05) is 26.2 Å². The second-order valence-corrected chi connectivity index (χ2v) is 8.38. The highest BCUT2D eigenvalue weighted by Gasteiger charge is 2.48. The maximum Gasteiger partial charge on any atom is 0.230 e. The van der Waals surface area contributed by atoms with E-state index in [9.17, 15) is 4.79 Å². The van der Waals surface area contributed by atoms with E-state index >= 15 is 0 Å². The Bertz CT molecular complexity index is 627. The maximum absolute atomic E-state index is 13.1. The summed E-state index contributed by atoms with van der Waals surface area (Å²) in [6.45, 7) is 6.45. The number of hydrogen-bond acceptors (Lipinski definition) is 3. The number of nitrogens with one attached hydrogen (secondary N) is 1. The Labute approximate surface area is 148 Å². The number of aryl methyl sites for hydroxylation is 1. The summed E-state index contributed by atoms with van der Waals surface area (Å²) in [6.07, 6.45) is 7.12. The Morgan fingerprint density at radius 2 is 2.12 bits per heavy atom. The van der Waals surface area contributed by atoms with E-state index in [-0.39, 0.29) is 5.41 Å². The summed E-state index contributed by atoms with van der Waals surface area (Å²) in [7, 11) is 0. The monoisotopic (exact) mass is 350 g/mol. The molecule has 4 rings (SSSR count). The molecule has 0 radical (unpaired) electrons. The minimum Gasteiger partial charge on any atom is -0.342 e. The molecule has 0 aromatic carbocycles. The van der Waals surface area contributed by atoms with E-state index in [4.69, 9.17) is 11.6 Å². The van der Waals surface area contributed by atoms with Crippen LogP contribution in [-0.2, 0) is 11.3 Å². The quantitative estimate of drug-likeness (QED) is 0.908. The molecule has 1 atom stereocenters. The number of aromatic nitrogens is 2. The topological polar surface area (TPSA) is 52.2 Å². The lowest BCUT2D eigenvalue weighted by molar-refractivity contribution is -0.146. The third-order valence-electron chi connectivity index (χ3n) is 6.27. The lowest BCUT2D eigenvalue weighted by atomic mass is 9.77. The molecule has 5 nitrogen and oxygen atoms in total. The summed E-state index contributed by atoms with van der Waals surface area (Å²) in [6, 6.07) is 0. The third kappa shape index (κ3) is 2.86. The second-order valence-electron chi connectivity index (χ2n) is 8.00. The van der Waals surface area contributed by atoms with Crippen LogP contribution >= 0.6 is 11.6 Å². The van der Waals surface area contributed by atoms with Crippen molar-refractivity contribution >= 4 is 17.5 Å². The normalized spacial score (nSPS) is 28.8. The number of H-pyrrole nitrogens is 1. The van der Waals surface area contributed by atoms with Crippen LogP contribution in [-0.4, -0.2) is 52.1 Å². The largest absolute Gasteiger partial charge is 0.342 e.